The maximum Gasteiger partial charge on any atom is 0.337 e. The van der Waals surface area contributed by atoms with E-state index in [9.17, 15) is 14.4 Å². The highest BCUT2D eigenvalue weighted by Gasteiger charge is 2.16. The molecule has 0 fully saturated rings. The lowest BCUT2D eigenvalue weighted by Gasteiger charge is -2.11. The van der Waals surface area contributed by atoms with Gasteiger partial charge in [-0.1, -0.05) is 0 Å². The van der Waals surface area contributed by atoms with E-state index >= 15 is 0 Å². The molecular weight excluding hydrogens is 238 g/mol. The molecule has 0 saturated carbocycles. The molecule has 0 aliphatic rings. The molecule has 2 amide bonds. The molecule has 3 N–H and O–H groups in total. The van der Waals surface area contributed by atoms with Crippen LogP contribution in [0.5, 0.6) is 0 Å². The third-order valence-electron chi connectivity index (χ3n) is 2.23. The number of nitrogens with one attached hydrogen (secondary N) is 2. The van der Waals surface area contributed by atoms with Crippen LogP contribution < -0.4 is 10.6 Å². The lowest BCUT2D eigenvalue weighted by Crippen LogP contribution is -2.43. The van der Waals surface area contributed by atoms with Gasteiger partial charge in [-0.3, -0.25) is 14.6 Å². The third-order valence-corrected chi connectivity index (χ3v) is 2.23. The molecule has 0 spiro atoms. The number of amides is 2. The number of aromatic carboxylic acids is 1. The highest BCUT2D eigenvalue weighted by Crippen LogP contribution is 2.00. The summed E-state index contributed by atoms with van der Waals surface area (Å²) in [6.07, 6.45) is 1.09. The molecule has 1 atom stereocenters. The number of carbonyl (C=O) groups is 3. The molecule has 1 heterocycles. The van der Waals surface area contributed by atoms with Crippen molar-refractivity contribution in [1.82, 2.24) is 15.6 Å². The fraction of sp³-hybridized carbons (Fsp3) is 0.273. The number of hydrogen-bond acceptors (Lipinski definition) is 4. The monoisotopic (exact) mass is 251 g/mol. The number of carboxylic acid groups (broad SMARTS) is 1. The van der Waals surface area contributed by atoms with E-state index in [0.29, 0.717) is 0 Å². The molecule has 0 bridgehead atoms. The second-order valence-corrected chi connectivity index (χ2v) is 3.55. The van der Waals surface area contributed by atoms with Crippen molar-refractivity contribution in [3.05, 3.63) is 29.6 Å². The van der Waals surface area contributed by atoms with Crippen molar-refractivity contribution in [2.75, 3.05) is 7.05 Å². The highest BCUT2D eigenvalue weighted by atomic mass is 16.4. The number of hydrogen-bond donors (Lipinski definition) is 3. The molecule has 1 unspecified atom stereocenters. The first-order valence-corrected chi connectivity index (χ1v) is 5.17. The molecule has 1 aromatic heterocycles. The Bertz CT molecular complexity index is 470. The first-order chi connectivity index (χ1) is 8.45. The zero-order valence-electron chi connectivity index (χ0n) is 9.93. The SMILES string of the molecule is CNC(=O)C(C)NC(=O)c1ccc(C(=O)O)cn1. The van der Waals surface area contributed by atoms with Crippen LogP contribution in [0, 0.1) is 0 Å². The second-order valence-electron chi connectivity index (χ2n) is 3.55. The van der Waals surface area contributed by atoms with E-state index in [-0.39, 0.29) is 17.2 Å². The maximum absolute atomic E-state index is 11.7. The Balaban J connectivity index is 2.73. The number of likely N-dealkylation sites (N-methyl/N-ethyl adjacent to an activating group) is 1. The van der Waals surface area contributed by atoms with Crippen LogP contribution in [0.25, 0.3) is 0 Å². The van der Waals surface area contributed by atoms with Gasteiger partial charge in [0, 0.05) is 13.2 Å². The van der Waals surface area contributed by atoms with Gasteiger partial charge >= 0.3 is 5.97 Å². The number of pyridine rings is 1. The van der Waals surface area contributed by atoms with Crippen molar-refractivity contribution in [2.24, 2.45) is 0 Å². The van der Waals surface area contributed by atoms with Gasteiger partial charge in [0.25, 0.3) is 5.91 Å². The van der Waals surface area contributed by atoms with Crippen molar-refractivity contribution in [2.45, 2.75) is 13.0 Å². The smallest absolute Gasteiger partial charge is 0.337 e. The van der Waals surface area contributed by atoms with Gasteiger partial charge in [-0.2, -0.15) is 0 Å². The molecule has 0 saturated heterocycles. The molecule has 7 nitrogen and oxygen atoms in total. The van der Waals surface area contributed by atoms with Crippen molar-refractivity contribution in [3.8, 4) is 0 Å². The summed E-state index contributed by atoms with van der Waals surface area (Å²) in [5.41, 5.74) is 0.0432. The molecule has 0 aliphatic heterocycles. The van der Waals surface area contributed by atoms with Gasteiger partial charge in [-0.05, 0) is 19.1 Å². The number of rotatable bonds is 4. The van der Waals surface area contributed by atoms with Crippen LogP contribution >= 0.6 is 0 Å². The zero-order chi connectivity index (χ0) is 13.7. The normalized spacial score (nSPS) is 11.4. The molecule has 1 rings (SSSR count). The van der Waals surface area contributed by atoms with E-state index in [0.717, 1.165) is 6.20 Å². The summed E-state index contributed by atoms with van der Waals surface area (Å²) in [4.78, 5) is 37.2. The van der Waals surface area contributed by atoms with Crippen molar-refractivity contribution >= 4 is 17.8 Å². The number of carbonyl (C=O) groups excluding carboxylic acids is 2. The summed E-state index contributed by atoms with van der Waals surface area (Å²) >= 11 is 0. The van der Waals surface area contributed by atoms with Crippen LogP contribution in [0.4, 0.5) is 0 Å². The predicted octanol–water partition coefficient (Wildman–Crippen LogP) is -0.356. The summed E-state index contributed by atoms with van der Waals surface area (Å²) in [6.45, 7) is 1.53. The van der Waals surface area contributed by atoms with Gasteiger partial charge < -0.3 is 15.7 Å². The van der Waals surface area contributed by atoms with E-state index in [4.69, 9.17) is 5.11 Å². The summed E-state index contributed by atoms with van der Waals surface area (Å²) in [6, 6.07) is 1.87. The standard InChI is InChI=1S/C11H13N3O4/c1-6(9(15)12-2)14-10(16)8-4-3-7(5-13-8)11(17)18/h3-6H,1-2H3,(H,12,15)(H,14,16)(H,17,18). The topological polar surface area (TPSA) is 108 Å². The third kappa shape index (κ3) is 3.27. The van der Waals surface area contributed by atoms with Crippen LogP contribution in [0.15, 0.2) is 18.3 Å². The van der Waals surface area contributed by atoms with E-state index < -0.39 is 17.9 Å². The first-order valence-electron chi connectivity index (χ1n) is 5.17. The van der Waals surface area contributed by atoms with E-state index in [1.54, 1.807) is 0 Å². The van der Waals surface area contributed by atoms with Crippen molar-refractivity contribution in [1.29, 1.82) is 0 Å². The number of carboxylic acids is 1. The Kier molecular flexibility index (Phi) is 4.36. The quantitative estimate of drug-likeness (QED) is 0.677. The molecule has 1 aromatic rings. The summed E-state index contributed by atoms with van der Waals surface area (Å²) < 4.78 is 0. The van der Waals surface area contributed by atoms with Crippen molar-refractivity contribution in [3.63, 3.8) is 0 Å². The average molecular weight is 251 g/mol. The zero-order valence-corrected chi connectivity index (χ0v) is 9.93. The number of aromatic nitrogens is 1. The Labute approximate surface area is 103 Å². The lowest BCUT2D eigenvalue weighted by molar-refractivity contribution is -0.122. The minimum atomic E-state index is -1.12. The van der Waals surface area contributed by atoms with Crippen molar-refractivity contribution < 1.29 is 19.5 Å². The van der Waals surface area contributed by atoms with Gasteiger partial charge in [-0.25, -0.2) is 4.79 Å². The minimum Gasteiger partial charge on any atom is -0.478 e. The predicted molar refractivity (Wildman–Crippen MR) is 62.2 cm³/mol. The summed E-state index contributed by atoms with van der Waals surface area (Å²) in [5.74, 6) is -1.98. The molecule has 18 heavy (non-hydrogen) atoms. The van der Waals surface area contributed by atoms with Gasteiger partial charge in [0.2, 0.25) is 5.91 Å². The van der Waals surface area contributed by atoms with Gasteiger partial charge in [-0.15, -0.1) is 0 Å². The molecule has 0 aliphatic carbocycles. The van der Waals surface area contributed by atoms with Gasteiger partial charge in [0.1, 0.15) is 11.7 Å². The van der Waals surface area contributed by atoms with Gasteiger partial charge in [0.15, 0.2) is 0 Å². The molecule has 0 aromatic carbocycles. The summed E-state index contributed by atoms with van der Waals surface area (Å²) in [5, 5.41) is 13.5. The molecular formula is C11H13N3O4. The Morgan fingerprint density at radius 1 is 1.33 bits per heavy atom. The molecule has 0 radical (unpaired) electrons. The fourth-order valence-corrected chi connectivity index (χ4v) is 1.21. The van der Waals surface area contributed by atoms with Crippen LogP contribution in [0.2, 0.25) is 0 Å². The van der Waals surface area contributed by atoms with Gasteiger partial charge in [0.05, 0.1) is 5.56 Å². The van der Waals surface area contributed by atoms with E-state index in [1.807, 2.05) is 0 Å². The fourth-order valence-electron chi connectivity index (χ4n) is 1.21. The molecule has 7 heteroatoms. The minimum absolute atomic E-state index is 0.00843. The Hall–Kier alpha value is -2.44. The van der Waals surface area contributed by atoms with Crippen LogP contribution in [0.3, 0.4) is 0 Å². The lowest BCUT2D eigenvalue weighted by atomic mass is 10.2. The van der Waals surface area contributed by atoms with Crippen LogP contribution in [-0.4, -0.2) is 41.0 Å². The Morgan fingerprint density at radius 3 is 2.44 bits per heavy atom. The summed E-state index contributed by atoms with van der Waals surface area (Å²) in [7, 11) is 1.46. The maximum atomic E-state index is 11.7. The largest absolute Gasteiger partial charge is 0.478 e. The average Bonchev–Trinajstić information content (AvgIpc) is 2.37. The van der Waals surface area contributed by atoms with E-state index in [2.05, 4.69) is 15.6 Å². The van der Waals surface area contributed by atoms with Crippen LogP contribution in [-0.2, 0) is 4.79 Å². The second kappa shape index (κ2) is 5.76. The Morgan fingerprint density at radius 2 is 2.00 bits per heavy atom. The molecule has 96 valence electrons. The highest BCUT2D eigenvalue weighted by molar-refractivity contribution is 5.96. The first kappa shape index (κ1) is 13.6. The van der Waals surface area contributed by atoms with Crippen LogP contribution in [0.1, 0.15) is 27.8 Å². The number of nitrogens with zero attached hydrogens (tertiary/aromatic N) is 1. The van der Waals surface area contributed by atoms with E-state index in [1.165, 1.54) is 26.1 Å².